The number of nitrogens with zero attached hydrogens (tertiary/aromatic N) is 4. The van der Waals surface area contributed by atoms with Gasteiger partial charge in [0.2, 0.25) is 5.95 Å². The summed E-state index contributed by atoms with van der Waals surface area (Å²) in [7, 11) is 0. The van der Waals surface area contributed by atoms with Crippen LogP contribution in [0.5, 0.6) is 0 Å². The Bertz CT molecular complexity index is 804. The van der Waals surface area contributed by atoms with Crippen LogP contribution >= 0.6 is 12.2 Å². The molecule has 4 rings (SSSR count). The Balaban J connectivity index is 1.51. The van der Waals surface area contributed by atoms with Gasteiger partial charge < -0.3 is 29.9 Å². The normalized spacial score (nSPS) is 18.0. The Labute approximate surface area is 182 Å². The molecule has 30 heavy (non-hydrogen) atoms. The summed E-state index contributed by atoms with van der Waals surface area (Å²) in [4.78, 5) is 13.9. The van der Waals surface area contributed by atoms with Gasteiger partial charge in [0.05, 0.1) is 32.5 Å². The molecule has 2 fully saturated rings. The molecule has 1 atom stereocenters. The highest BCUT2D eigenvalue weighted by atomic mass is 32.1. The maximum Gasteiger partial charge on any atom is 0.232 e. The summed E-state index contributed by atoms with van der Waals surface area (Å²) in [6, 6.07) is 12.3. The summed E-state index contributed by atoms with van der Waals surface area (Å²) in [6.45, 7) is 8.14. The minimum absolute atomic E-state index is 0.0762. The van der Waals surface area contributed by atoms with E-state index < -0.39 is 0 Å². The molecule has 3 heterocycles. The highest BCUT2D eigenvalue weighted by molar-refractivity contribution is 7.80. The minimum Gasteiger partial charge on any atom is -0.378 e. The lowest BCUT2D eigenvalue weighted by Gasteiger charge is -2.31. The molecule has 1 unspecified atom stereocenters. The van der Waals surface area contributed by atoms with Crippen molar-refractivity contribution < 1.29 is 9.47 Å². The van der Waals surface area contributed by atoms with E-state index >= 15 is 0 Å². The molecule has 1 aromatic heterocycles. The van der Waals surface area contributed by atoms with Crippen molar-refractivity contribution in [3.8, 4) is 0 Å². The fourth-order valence-electron chi connectivity index (χ4n) is 3.55. The Morgan fingerprint density at radius 3 is 2.00 bits per heavy atom. The predicted octanol–water partition coefficient (Wildman–Crippen LogP) is 2.20. The van der Waals surface area contributed by atoms with E-state index in [2.05, 4.69) is 39.5 Å². The van der Waals surface area contributed by atoms with Crippen LogP contribution in [-0.2, 0) is 9.47 Å². The van der Waals surface area contributed by atoms with Crippen molar-refractivity contribution in [3.63, 3.8) is 0 Å². The van der Waals surface area contributed by atoms with Crippen molar-refractivity contribution in [1.82, 2.24) is 15.3 Å². The van der Waals surface area contributed by atoms with Crippen LogP contribution in [0.1, 0.15) is 18.5 Å². The molecule has 160 valence electrons. The van der Waals surface area contributed by atoms with Crippen LogP contribution in [0.4, 0.5) is 17.6 Å². The lowest BCUT2D eigenvalue weighted by atomic mass is 10.1. The molecule has 0 radical (unpaired) electrons. The van der Waals surface area contributed by atoms with Gasteiger partial charge in [0, 0.05) is 32.2 Å². The molecule has 2 aromatic rings. The fourth-order valence-corrected chi connectivity index (χ4v) is 3.81. The van der Waals surface area contributed by atoms with Crippen LogP contribution in [0.25, 0.3) is 0 Å². The smallest absolute Gasteiger partial charge is 0.232 e. The molecule has 0 bridgehead atoms. The van der Waals surface area contributed by atoms with Crippen LogP contribution < -0.4 is 20.4 Å². The van der Waals surface area contributed by atoms with E-state index in [-0.39, 0.29) is 6.04 Å². The Hall–Kier alpha value is -2.49. The second kappa shape index (κ2) is 10.0. The van der Waals surface area contributed by atoms with Gasteiger partial charge in [-0.25, -0.2) is 0 Å². The summed E-state index contributed by atoms with van der Waals surface area (Å²) in [5.41, 5.74) is 1.17. The molecule has 2 saturated heterocycles. The fraction of sp³-hybridized carbons (Fsp3) is 0.476. The van der Waals surface area contributed by atoms with E-state index in [0.717, 1.165) is 37.8 Å². The first-order valence-electron chi connectivity index (χ1n) is 10.4. The SMILES string of the molecule is CC(NC(=S)Nc1nc(N2CCOCC2)cc(N2CCOCC2)n1)c1ccccc1. The summed E-state index contributed by atoms with van der Waals surface area (Å²) in [5.74, 6) is 2.27. The molecular formula is C21H28N6O2S. The van der Waals surface area contributed by atoms with Crippen LogP contribution in [0.15, 0.2) is 36.4 Å². The van der Waals surface area contributed by atoms with Gasteiger partial charge in [-0.1, -0.05) is 30.3 Å². The number of thiocarbonyl (C=S) groups is 1. The highest BCUT2D eigenvalue weighted by Crippen LogP contribution is 2.23. The number of rotatable bonds is 5. The molecular weight excluding hydrogens is 400 g/mol. The average molecular weight is 429 g/mol. The molecule has 2 N–H and O–H groups in total. The van der Waals surface area contributed by atoms with Crippen LogP contribution in [0.2, 0.25) is 0 Å². The van der Waals surface area contributed by atoms with E-state index in [0.29, 0.717) is 37.5 Å². The maximum atomic E-state index is 5.54. The van der Waals surface area contributed by atoms with Gasteiger partial charge in [-0.05, 0) is 24.7 Å². The number of hydrogen-bond donors (Lipinski definition) is 2. The van der Waals surface area contributed by atoms with Gasteiger partial charge in [0.1, 0.15) is 11.6 Å². The number of morpholine rings is 2. The highest BCUT2D eigenvalue weighted by Gasteiger charge is 2.19. The van der Waals surface area contributed by atoms with E-state index in [1.165, 1.54) is 5.56 Å². The van der Waals surface area contributed by atoms with E-state index in [4.69, 9.17) is 31.7 Å². The molecule has 0 aliphatic carbocycles. The largest absolute Gasteiger partial charge is 0.378 e. The lowest BCUT2D eigenvalue weighted by Crippen LogP contribution is -2.39. The van der Waals surface area contributed by atoms with Gasteiger partial charge in [0.25, 0.3) is 0 Å². The number of ether oxygens (including phenoxy) is 2. The molecule has 1 aromatic carbocycles. The molecule has 2 aliphatic heterocycles. The van der Waals surface area contributed by atoms with E-state index in [9.17, 15) is 0 Å². The zero-order valence-corrected chi connectivity index (χ0v) is 18.0. The van der Waals surface area contributed by atoms with Crippen molar-refractivity contribution in [2.75, 3.05) is 67.7 Å². The number of nitrogens with one attached hydrogen (secondary N) is 2. The third-order valence-electron chi connectivity index (χ3n) is 5.24. The van der Waals surface area contributed by atoms with Gasteiger partial charge >= 0.3 is 0 Å². The van der Waals surface area contributed by atoms with Gasteiger partial charge in [0.15, 0.2) is 5.11 Å². The standard InChI is InChI=1S/C21H28N6O2S/c1-16(17-5-3-2-4-6-17)22-21(30)25-20-23-18(26-7-11-28-12-8-26)15-19(24-20)27-9-13-29-14-10-27/h2-6,15-16H,7-14H2,1H3,(H2,22,23,24,25,30). The average Bonchev–Trinajstić information content (AvgIpc) is 2.80. The third-order valence-corrected chi connectivity index (χ3v) is 5.46. The zero-order valence-electron chi connectivity index (χ0n) is 17.2. The second-order valence-electron chi connectivity index (χ2n) is 7.34. The van der Waals surface area contributed by atoms with Crippen LogP contribution in [0, 0.1) is 0 Å². The van der Waals surface area contributed by atoms with Crippen molar-refractivity contribution in [3.05, 3.63) is 42.0 Å². The number of aromatic nitrogens is 2. The molecule has 0 spiro atoms. The summed E-state index contributed by atoms with van der Waals surface area (Å²) < 4.78 is 11.0. The van der Waals surface area contributed by atoms with E-state index in [1.54, 1.807) is 0 Å². The van der Waals surface area contributed by atoms with Gasteiger partial charge in [-0.3, -0.25) is 0 Å². The maximum absolute atomic E-state index is 5.54. The molecule has 0 saturated carbocycles. The van der Waals surface area contributed by atoms with E-state index in [1.807, 2.05) is 24.3 Å². The predicted molar refractivity (Wildman–Crippen MR) is 122 cm³/mol. The first-order chi connectivity index (χ1) is 14.7. The monoisotopic (exact) mass is 428 g/mol. The van der Waals surface area contributed by atoms with Crippen LogP contribution in [0.3, 0.4) is 0 Å². The first-order valence-corrected chi connectivity index (χ1v) is 10.8. The summed E-state index contributed by atoms with van der Waals surface area (Å²) in [5, 5.41) is 7.00. The van der Waals surface area contributed by atoms with Crippen molar-refractivity contribution >= 4 is 34.9 Å². The third kappa shape index (κ3) is 5.35. The van der Waals surface area contributed by atoms with Crippen molar-refractivity contribution in [1.29, 1.82) is 0 Å². The van der Waals surface area contributed by atoms with Crippen molar-refractivity contribution in [2.45, 2.75) is 13.0 Å². The molecule has 8 nitrogen and oxygen atoms in total. The quantitative estimate of drug-likeness (QED) is 0.697. The molecule has 0 amide bonds. The Kier molecular flexibility index (Phi) is 6.93. The second-order valence-corrected chi connectivity index (χ2v) is 7.75. The Morgan fingerprint density at radius 1 is 0.933 bits per heavy atom. The molecule has 9 heteroatoms. The lowest BCUT2D eigenvalue weighted by molar-refractivity contribution is 0.122. The number of anilines is 3. The zero-order chi connectivity index (χ0) is 20.8. The number of hydrogen-bond acceptors (Lipinski definition) is 7. The summed E-state index contributed by atoms with van der Waals surface area (Å²) >= 11 is 5.54. The van der Waals surface area contributed by atoms with Gasteiger partial charge in [-0.2, -0.15) is 9.97 Å². The van der Waals surface area contributed by atoms with Crippen LogP contribution in [-0.4, -0.2) is 67.7 Å². The first kappa shape index (κ1) is 20.8. The number of benzene rings is 1. The minimum atomic E-state index is 0.0762. The topological polar surface area (TPSA) is 74.8 Å². The summed E-state index contributed by atoms with van der Waals surface area (Å²) in [6.07, 6.45) is 0. The van der Waals surface area contributed by atoms with Crippen molar-refractivity contribution in [2.24, 2.45) is 0 Å². The Morgan fingerprint density at radius 2 is 1.47 bits per heavy atom. The molecule has 2 aliphatic rings. The van der Waals surface area contributed by atoms with Gasteiger partial charge in [-0.15, -0.1) is 0 Å².